The quantitative estimate of drug-likeness (QED) is 0.711. The molecule has 0 bridgehead atoms. The van der Waals surface area contributed by atoms with Gasteiger partial charge in [0.05, 0.1) is 5.60 Å². The van der Waals surface area contributed by atoms with Crippen molar-refractivity contribution in [1.82, 2.24) is 4.98 Å². The molecule has 1 saturated carbocycles. The molecule has 2 nitrogen and oxygen atoms in total. The molecule has 2 heteroatoms. The number of nitrogens with zero attached hydrogens (tertiary/aromatic N) is 1. The van der Waals surface area contributed by atoms with Crippen molar-refractivity contribution in [1.29, 1.82) is 0 Å². The monoisotopic (exact) mass is 177 g/mol. The summed E-state index contributed by atoms with van der Waals surface area (Å²) < 4.78 is 0. The average molecular weight is 177 g/mol. The van der Waals surface area contributed by atoms with Gasteiger partial charge in [-0.1, -0.05) is 13.0 Å². The lowest BCUT2D eigenvalue weighted by molar-refractivity contribution is 0.133. The number of hydrogen-bond donors (Lipinski definition) is 1. The Balaban J connectivity index is 2.42. The number of aromatic nitrogens is 1. The molecular weight excluding hydrogens is 162 g/mol. The van der Waals surface area contributed by atoms with Crippen LogP contribution in [0.2, 0.25) is 0 Å². The van der Waals surface area contributed by atoms with Gasteiger partial charge in [-0.25, -0.2) is 0 Å². The topological polar surface area (TPSA) is 33.1 Å². The Morgan fingerprint density at radius 1 is 1.46 bits per heavy atom. The minimum atomic E-state index is -0.579. The Bertz CT molecular complexity index is 348. The largest absolute Gasteiger partial charge is 0.385 e. The highest BCUT2D eigenvalue weighted by Gasteiger charge is 2.51. The lowest BCUT2D eigenvalue weighted by Gasteiger charge is -2.12. The third kappa shape index (κ3) is 1.25. The number of hydrogen-bond acceptors (Lipinski definition) is 2. The van der Waals surface area contributed by atoms with Crippen LogP contribution in [0.1, 0.15) is 30.3 Å². The van der Waals surface area contributed by atoms with Gasteiger partial charge in [0.25, 0.3) is 0 Å². The van der Waals surface area contributed by atoms with Crippen LogP contribution in [0, 0.1) is 19.8 Å². The third-order valence-electron chi connectivity index (χ3n) is 2.96. The SMILES string of the molecule is Cc1ccc(C2(O)CC2C)c(C)n1. The van der Waals surface area contributed by atoms with E-state index >= 15 is 0 Å². The van der Waals surface area contributed by atoms with Crippen LogP contribution in [0.5, 0.6) is 0 Å². The first-order chi connectivity index (χ1) is 6.04. The second-order valence-electron chi connectivity index (χ2n) is 4.12. The summed E-state index contributed by atoms with van der Waals surface area (Å²) in [5.74, 6) is 0.385. The van der Waals surface area contributed by atoms with E-state index in [1.165, 1.54) is 0 Å². The van der Waals surface area contributed by atoms with Gasteiger partial charge in [0.1, 0.15) is 0 Å². The van der Waals surface area contributed by atoms with Crippen molar-refractivity contribution in [3.63, 3.8) is 0 Å². The summed E-state index contributed by atoms with van der Waals surface area (Å²) in [5.41, 5.74) is 2.40. The predicted octanol–water partition coefficient (Wildman–Crippen LogP) is 1.93. The predicted molar refractivity (Wildman–Crippen MR) is 51.4 cm³/mol. The lowest BCUT2D eigenvalue weighted by atomic mass is 10.0. The fourth-order valence-corrected chi connectivity index (χ4v) is 1.93. The van der Waals surface area contributed by atoms with Gasteiger partial charge in [-0.3, -0.25) is 4.98 Å². The van der Waals surface area contributed by atoms with Crippen LogP contribution >= 0.6 is 0 Å². The first-order valence-electron chi connectivity index (χ1n) is 4.71. The van der Waals surface area contributed by atoms with Gasteiger partial charge in [0, 0.05) is 17.0 Å². The average Bonchev–Trinajstić information content (AvgIpc) is 2.59. The van der Waals surface area contributed by atoms with E-state index in [0.29, 0.717) is 5.92 Å². The lowest BCUT2D eigenvalue weighted by Crippen LogP contribution is -2.10. The highest BCUT2D eigenvalue weighted by atomic mass is 16.3. The fourth-order valence-electron chi connectivity index (χ4n) is 1.93. The molecule has 1 aromatic rings. The van der Waals surface area contributed by atoms with Crippen LogP contribution in [0.15, 0.2) is 12.1 Å². The molecule has 1 aliphatic rings. The van der Waals surface area contributed by atoms with Crippen LogP contribution in [0.3, 0.4) is 0 Å². The summed E-state index contributed by atoms with van der Waals surface area (Å²) in [7, 11) is 0. The first-order valence-corrected chi connectivity index (χ1v) is 4.71. The van der Waals surface area contributed by atoms with E-state index in [-0.39, 0.29) is 0 Å². The highest BCUT2D eigenvalue weighted by Crippen LogP contribution is 2.52. The maximum atomic E-state index is 10.1. The van der Waals surface area contributed by atoms with E-state index in [2.05, 4.69) is 11.9 Å². The van der Waals surface area contributed by atoms with Crippen molar-refractivity contribution in [3.8, 4) is 0 Å². The molecule has 0 saturated heterocycles. The second-order valence-corrected chi connectivity index (χ2v) is 4.12. The molecule has 1 heterocycles. The van der Waals surface area contributed by atoms with Crippen molar-refractivity contribution in [3.05, 3.63) is 29.1 Å². The molecule has 0 amide bonds. The van der Waals surface area contributed by atoms with E-state index in [1.807, 2.05) is 26.0 Å². The Kier molecular flexibility index (Phi) is 1.70. The van der Waals surface area contributed by atoms with Crippen LogP contribution in [-0.2, 0) is 5.60 Å². The van der Waals surface area contributed by atoms with Crippen molar-refractivity contribution in [2.24, 2.45) is 5.92 Å². The molecule has 2 atom stereocenters. The van der Waals surface area contributed by atoms with E-state index < -0.39 is 5.60 Å². The minimum absolute atomic E-state index is 0.385. The fraction of sp³-hybridized carbons (Fsp3) is 0.545. The Morgan fingerprint density at radius 3 is 2.54 bits per heavy atom. The van der Waals surface area contributed by atoms with Gasteiger partial charge in [0.2, 0.25) is 0 Å². The van der Waals surface area contributed by atoms with E-state index in [0.717, 1.165) is 23.4 Å². The molecule has 70 valence electrons. The minimum Gasteiger partial charge on any atom is -0.385 e. The smallest absolute Gasteiger partial charge is 0.0944 e. The molecule has 1 aromatic heterocycles. The summed E-state index contributed by atoms with van der Waals surface area (Å²) in [5, 5.41) is 10.1. The molecule has 2 unspecified atom stereocenters. The van der Waals surface area contributed by atoms with Crippen molar-refractivity contribution in [2.45, 2.75) is 32.8 Å². The summed E-state index contributed by atoms with van der Waals surface area (Å²) in [4.78, 5) is 4.35. The van der Waals surface area contributed by atoms with Crippen molar-refractivity contribution in [2.75, 3.05) is 0 Å². The molecule has 2 rings (SSSR count). The van der Waals surface area contributed by atoms with Crippen LogP contribution in [0.25, 0.3) is 0 Å². The van der Waals surface area contributed by atoms with Gasteiger partial charge < -0.3 is 5.11 Å². The first kappa shape index (κ1) is 8.70. The molecule has 1 N–H and O–H groups in total. The van der Waals surface area contributed by atoms with Crippen molar-refractivity contribution < 1.29 is 5.11 Å². The molecule has 0 aliphatic heterocycles. The molecule has 13 heavy (non-hydrogen) atoms. The second kappa shape index (κ2) is 2.55. The Hall–Kier alpha value is -0.890. The number of aliphatic hydroxyl groups is 1. The van der Waals surface area contributed by atoms with Crippen LogP contribution in [-0.4, -0.2) is 10.1 Å². The van der Waals surface area contributed by atoms with Crippen LogP contribution in [0.4, 0.5) is 0 Å². The van der Waals surface area contributed by atoms with E-state index in [4.69, 9.17) is 0 Å². The molecule has 0 spiro atoms. The number of rotatable bonds is 1. The highest BCUT2D eigenvalue weighted by molar-refractivity contribution is 5.33. The van der Waals surface area contributed by atoms with E-state index in [1.54, 1.807) is 0 Å². The third-order valence-corrected chi connectivity index (χ3v) is 2.96. The molecule has 1 aliphatic carbocycles. The normalized spacial score (nSPS) is 31.8. The molecule has 0 radical (unpaired) electrons. The summed E-state index contributed by atoms with van der Waals surface area (Å²) >= 11 is 0. The summed E-state index contributed by atoms with van der Waals surface area (Å²) in [6.45, 7) is 6.00. The van der Waals surface area contributed by atoms with Gasteiger partial charge in [-0.2, -0.15) is 0 Å². The number of aryl methyl sites for hydroxylation is 2. The molecule has 0 aromatic carbocycles. The Morgan fingerprint density at radius 2 is 2.08 bits per heavy atom. The summed E-state index contributed by atoms with van der Waals surface area (Å²) in [6, 6.07) is 3.96. The molecular formula is C11H15NO. The summed E-state index contributed by atoms with van der Waals surface area (Å²) in [6.07, 6.45) is 0.874. The Labute approximate surface area is 78.6 Å². The van der Waals surface area contributed by atoms with Crippen LogP contribution < -0.4 is 0 Å². The zero-order valence-electron chi connectivity index (χ0n) is 8.33. The van der Waals surface area contributed by atoms with E-state index in [9.17, 15) is 5.11 Å². The standard InChI is InChI=1S/C11H15NO/c1-7-6-11(7,13)10-5-4-8(2)12-9(10)3/h4-5,7,13H,6H2,1-3H3. The zero-order valence-corrected chi connectivity index (χ0v) is 8.33. The van der Waals surface area contributed by atoms with Gasteiger partial charge in [0.15, 0.2) is 0 Å². The zero-order chi connectivity index (χ0) is 9.64. The molecule has 1 fully saturated rings. The van der Waals surface area contributed by atoms with Crippen molar-refractivity contribution >= 4 is 0 Å². The number of pyridine rings is 1. The van der Waals surface area contributed by atoms with Gasteiger partial charge >= 0.3 is 0 Å². The van der Waals surface area contributed by atoms with Gasteiger partial charge in [-0.15, -0.1) is 0 Å². The maximum absolute atomic E-state index is 10.1. The van der Waals surface area contributed by atoms with Gasteiger partial charge in [-0.05, 0) is 32.3 Å². The maximum Gasteiger partial charge on any atom is 0.0944 e.